The molecule has 1 aliphatic rings. The fraction of sp³-hybridized carbons (Fsp3) is 0.583. The van der Waals surface area contributed by atoms with Crippen LogP contribution >= 0.6 is 0 Å². The van der Waals surface area contributed by atoms with Crippen LogP contribution in [-0.4, -0.2) is 43.4 Å². The van der Waals surface area contributed by atoms with E-state index in [9.17, 15) is 0 Å². The van der Waals surface area contributed by atoms with Crippen molar-refractivity contribution in [3.8, 4) is 11.5 Å². The minimum absolute atomic E-state index is 0.187. The molecule has 0 bridgehead atoms. The van der Waals surface area contributed by atoms with Gasteiger partial charge < -0.3 is 15.2 Å². The minimum Gasteiger partial charge on any atom is -0.335 e. The van der Waals surface area contributed by atoms with Crippen LogP contribution in [0.15, 0.2) is 12.5 Å². The summed E-state index contributed by atoms with van der Waals surface area (Å²) in [5.41, 5.74) is 7.03. The topological polar surface area (TPSA) is 88.6 Å². The van der Waals surface area contributed by atoms with E-state index in [0.29, 0.717) is 0 Å². The molecule has 1 saturated heterocycles. The van der Waals surface area contributed by atoms with Crippen LogP contribution in [0.3, 0.4) is 0 Å². The summed E-state index contributed by atoms with van der Waals surface area (Å²) in [5.74, 6) is 1.46. The summed E-state index contributed by atoms with van der Waals surface area (Å²) in [6, 6.07) is 0.455. The van der Waals surface area contributed by atoms with Crippen molar-refractivity contribution in [3.63, 3.8) is 0 Å². The lowest BCUT2D eigenvalue weighted by Crippen LogP contribution is -2.50. The molecule has 0 amide bonds. The molecule has 7 nitrogen and oxygen atoms in total. The molecule has 2 aromatic heterocycles. The number of anilines is 1. The number of hydrogen-bond donors (Lipinski definition) is 2. The van der Waals surface area contributed by atoms with Crippen LogP contribution in [0.25, 0.3) is 11.5 Å². The van der Waals surface area contributed by atoms with E-state index in [2.05, 4.69) is 32.0 Å². The third kappa shape index (κ3) is 2.10. The number of aromatic amines is 1. The van der Waals surface area contributed by atoms with Gasteiger partial charge in [-0.3, -0.25) is 5.10 Å². The number of imidazole rings is 1. The number of H-pyrrole nitrogens is 1. The monoisotopic (exact) mass is 261 g/mol. The summed E-state index contributed by atoms with van der Waals surface area (Å²) < 4.78 is 1.91. The zero-order valence-corrected chi connectivity index (χ0v) is 11.2. The number of aromatic nitrogens is 5. The molecule has 0 spiro atoms. The average molecular weight is 261 g/mol. The van der Waals surface area contributed by atoms with Crippen molar-refractivity contribution in [1.82, 2.24) is 24.7 Å². The first-order chi connectivity index (χ1) is 9.16. The van der Waals surface area contributed by atoms with Gasteiger partial charge in [0.2, 0.25) is 5.95 Å². The Bertz CT molecular complexity index is 558. The number of aryl methyl sites for hydroxylation is 1. The number of nitrogens with zero attached hydrogens (tertiary/aromatic N) is 5. The second-order valence-corrected chi connectivity index (χ2v) is 5.11. The molecule has 102 valence electrons. The van der Waals surface area contributed by atoms with Crippen LogP contribution in [0.5, 0.6) is 0 Å². The normalized spacial score (nSPS) is 23.8. The van der Waals surface area contributed by atoms with Gasteiger partial charge >= 0.3 is 0 Å². The molecular weight excluding hydrogens is 242 g/mol. The van der Waals surface area contributed by atoms with E-state index in [4.69, 9.17) is 5.73 Å². The van der Waals surface area contributed by atoms with Crippen molar-refractivity contribution in [2.75, 3.05) is 11.4 Å². The van der Waals surface area contributed by atoms with Gasteiger partial charge in [-0.15, -0.1) is 5.10 Å². The molecule has 0 aliphatic carbocycles. The van der Waals surface area contributed by atoms with Crippen LogP contribution in [0.4, 0.5) is 5.95 Å². The van der Waals surface area contributed by atoms with Crippen LogP contribution < -0.4 is 10.6 Å². The lowest BCUT2D eigenvalue weighted by molar-refractivity contribution is 0.416. The molecule has 2 unspecified atom stereocenters. The Morgan fingerprint density at radius 1 is 1.47 bits per heavy atom. The number of rotatable bonds is 2. The van der Waals surface area contributed by atoms with Gasteiger partial charge in [0.15, 0.2) is 5.82 Å². The molecule has 3 N–H and O–H groups in total. The molecular formula is C12H19N7. The molecule has 1 fully saturated rings. The van der Waals surface area contributed by atoms with Gasteiger partial charge in [-0.1, -0.05) is 0 Å². The third-order valence-corrected chi connectivity index (χ3v) is 3.84. The zero-order chi connectivity index (χ0) is 13.4. The Morgan fingerprint density at radius 3 is 3.05 bits per heavy atom. The van der Waals surface area contributed by atoms with E-state index in [-0.39, 0.29) is 12.1 Å². The Balaban J connectivity index is 1.87. The van der Waals surface area contributed by atoms with Crippen LogP contribution in [0.1, 0.15) is 19.8 Å². The van der Waals surface area contributed by atoms with Crippen LogP contribution in [-0.2, 0) is 7.05 Å². The first-order valence-corrected chi connectivity index (χ1v) is 6.58. The summed E-state index contributed by atoms with van der Waals surface area (Å²) >= 11 is 0. The van der Waals surface area contributed by atoms with Crippen molar-refractivity contribution in [2.45, 2.75) is 31.8 Å². The third-order valence-electron chi connectivity index (χ3n) is 3.84. The number of nitrogens with two attached hydrogens (primary N) is 1. The maximum atomic E-state index is 6.11. The fourth-order valence-electron chi connectivity index (χ4n) is 2.54. The largest absolute Gasteiger partial charge is 0.335 e. The molecule has 3 rings (SSSR count). The quantitative estimate of drug-likeness (QED) is 0.822. The Hall–Kier alpha value is -1.89. The summed E-state index contributed by atoms with van der Waals surface area (Å²) in [5, 5.41) is 7.29. The van der Waals surface area contributed by atoms with Crippen molar-refractivity contribution in [2.24, 2.45) is 12.8 Å². The summed E-state index contributed by atoms with van der Waals surface area (Å²) in [6.07, 6.45) is 5.67. The molecule has 2 aromatic rings. The van der Waals surface area contributed by atoms with E-state index in [1.54, 1.807) is 12.5 Å². The number of piperidine rings is 1. The lowest BCUT2D eigenvalue weighted by atomic mass is 9.99. The maximum absolute atomic E-state index is 6.11. The second kappa shape index (κ2) is 4.65. The Kier molecular flexibility index (Phi) is 2.98. The highest BCUT2D eigenvalue weighted by Crippen LogP contribution is 2.23. The van der Waals surface area contributed by atoms with E-state index >= 15 is 0 Å². The van der Waals surface area contributed by atoms with Crippen molar-refractivity contribution < 1.29 is 0 Å². The molecule has 19 heavy (non-hydrogen) atoms. The van der Waals surface area contributed by atoms with E-state index in [1.807, 2.05) is 11.6 Å². The zero-order valence-electron chi connectivity index (χ0n) is 11.2. The SMILES string of the molecule is CC1C(N)CCCN1c1n[nH]c(-c2cncn2C)n1. The maximum Gasteiger partial charge on any atom is 0.245 e. The summed E-state index contributed by atoms with van der Waals surface area (Å²) in [6.45, 7) is 3.08. The standard InChI is InChI=1S/C12H19N7/c1-8-9(13)4-3-5-19(8)12-15-11(16-17-12)10-6-14-7-18(10)2/h6-9H,3-5,13H2,1-2H3,(H,15,16,17). The second-order valence-electron chi connectivity index (χ2n) is 5.11. The first kappa shape index (κ1) is 12.2. The van der Waals surface area contributed by atoms with Crippen molar-refractivity contribution in [1.29, 1.82) is 0 Å². The predicted octanol–water partition coefficient (Wildman–Crippen LogP) is 0.521. The fourth-order valence-corrected chi connectivity index (χ4v) is 2.54. The van der Waals surface area contributed by atoms with Gasteiger partial charge in [0, 0.05) is 25.7 Å². The minimum atomic E-state index is 0.187. The highest BCUT2D eigenvalue weighted by molar-refractivity contribution is 5.51. The number of hydrogen-bond acceptors (Lipinski definition) is 5. The van der Waals surface area contributed by atoms with Gasteiger partial charge in [0.25, 0.3) is 0 Å². The summed E-state index contributed by atoms with van der Waals surface area (Å²) in [7, 11) is 1.93. The average Bonchev–Trinajstić information content (AvgIpc) is 3.01. The first-order valence-electron chi connectivity index (χ1n) is 6.58. The van der Waals surface area contributed by atoms with Crippen molar-refractivity contribution in [3.05, 3.63) is 12.5 Å². The molecule has 1 aliphatic heterocycles. The molecule has 3 heterocycles. The van der Waals surface area contributed by atoms with E-state index in [0.717, 1.165) is 36.9 Å². The molecule has 0 radical (unpaired) electrons. The highest BCUT2D eigenvalue weighted by Gasteiger charge is 2.27. The highest BCUT2D eigenvalue weighted by atomic mass is 15.4. The predicted molar refractivity (Wildman–Crippen MR) is 72.6 cm³/mol. The van der Waals surface area contributed by atoms with Gasteiger partial charge in [0.1, 0.15) is 5.69 Å². The van der Waals surface area contributed by atoms with Gasteiger partial charge in [-0.2, -0.15) is 4.98 Å². The van der Waals surface area contributed by atoms with Gasteiger partial charge in [-0.25, -0.2) is 4.98 Å². The Labute approximate surface area is 111 Å². The molecule has 7 heteroatoms. The van der Waals surface area contributed by atoms with E-state index < -0.39 is 0 Å². The number of nitrogens with one attached hydrogen (secondary N) is 1. The van der Waals surface area contributed by atoms with Crippen molar-refractivity contribution >= 4 is 5.95 Å². The molecule has 0 saturated carbocycles. The van der Waals surface area contributed by atoms with Gasteiger partial charge in [0.05, 0.1) is 12.5 Å². The molecule has 2 atom stereocenters. The molecule has 0 aromatic carbocycles. The summed E-state index contributed by atoms with van der Waals surface area (Å²) in [4.78, 5) is 10.8. The van der Waals surface area contributed by atoms with Crippen LogP contribution in [0.2, 0.25) is 0 Å². The smallest absolute Gasteiger partial charge is 0.245 e. The van der Waals surface area contributed by atoms with Gasteiger partial charge in [-0.05, 0) is 19.8 Å². The van der Waals surface area contributed by atoms with Crippen LogP contribution in [0, 0.1) is 0 Å². The lowest BCUT2D eigenvalue weighted by Gasteiger charge is -2.36. The van der Waals surface area contributed by atoms with E-state index in [1.165, 1.54) is 0 Å². The Morgan fingerprint density at radius 2 is 2.32 bits per heavy atom.